The minimum Gasteiger partial charge on any atom is -0.508 e. The van der Waals surface area contributed by atoms with Crippen molar-refractivity contribution in [2.75, 3.05) is 138 Å². The Morgan fingerprint density at radius 1 is 0.462 bits per heavy atom. The number of alkyl halides is 1. The van der Waals surface area contributed by atoms with Crippen LogP contribution in [0.4, 0.5) is 22.7 Å². The molecule has 0 atom stereocenters. The number of ketones is 2. The number of H-pyrrole nitrogens is 1. The van der Waals surface area contributed by atoms with Crippen LogP contribution in [0.25, 0.3) is 90.6 Å². The zero-order valence-corrected chi connectivity index (χ0v) is 82.3. The molecule has 0 aliphatic carbocycles. The average molecular weight is 2030 g/mol. The predicted octanol–water partition coefficient (Wildman–Crippen LogP) is 19.6. The molecule has 18 rings (SSSR count). The molecular formula is C110H121BrN18O16. The second-order valence-corrected chi connectivity index (χ2v) is 34.3. The number of ether oxygens (including phenoxy) is 7. The van der Waals surface area contributed by atoms with E-state index in [4.69, 9.17) is 60.0 Å². The van der Waals surface area contributed by atoms with Gasteiger partial charge in [0.2, 0.25) is 0 Å². The van der Waals surface area contributed by atoms with E-state index in [2.05, 4.69) is 88.7 Å². The number of nitro groups is 3. The lowest BCUT2D eigenvalue weighted by atomic mass is 10.0. The number of anilines is 1. The highest BCUT2D eigenvalue weighted by molar-refractivity contribution is 9.09. The Bertz CT molecular complexity index is 6670. The average Bonchev–Trinajstić information content (AvgIpc) is 1.66. The number of imidazole rings is 4. The number of carbonyl (C=O) groups is 2. The number of hydrogen-bond acceptors (Lipinski definition) is 26. The second-order valence-electron chi connectivity index (χ2n) is 33.7. The zero-order chi connectivity index (χ0) is 101. The summed E-state index contributed by atoms with van der Waals surface area (Å²) in [6.45, 7) is 16.3. The molecule has 35 heteroatoms. The standard InChI is InChI=1S/C32H36N4O3.C23H26N4O4.C22H26N4O2.C16H13N3O3.C8H6BrNO3.C8H10N2O.CH4/c1-38-30-7-2-6-28(22-30)32-34-31(24-36(32)16-4-15-35-17-19-39-20-18-35)27-11-8-25(9-12-27)21-29(37)13-10-26-5-3-14-33-23-26;1-30-21-5-2-4-19(16-21)23-24-17-22(18-6-8-20(9-7-18)27(28)29)26(23)11-3-10-25-12-14-31-15-13-25;23-19-7-5-17(6-8-19)21-16-24-22(18-3-1-4-20(27)15-18)26(21)10-2-9-25-11-13-28-14-12-25;1-22-14-4-2-3-12(9-14)16-17-10-15(18-16)11-5-7-13(8-6-11)19(20)21;9-5-8(11)6-1-3-7(4-2-6)10(12)13;1-11-7-4-2-3-6(5-7)8(9)10;/h2-3,5-9,11-12,14,22-24H,4,10,13,15-21H2,1H3;2,4-9,16-17H,3,10-15H2,1H3;1,3-8,15-16,27H,2,9-14,23H2;2-10H,1H3,(H,17,18);1-4H,5H2;2-5H,1H3,(H3,9,10);1H4. The van der Waals surface area contributed by atoms with Crippen LogP contribution in [0, 0.1) is 35.8 Å². The van der Waals surface area contributed by atoms with Crippen molar-refractivity contribution in [3.63, 3.8) is 0 Å². The number of amidine groups is 1. The summed E-state index contributed by atoms with van der Waals surface area (Å²) in [5, 5.41) is 49.2. The zero-order valence-electron chi connectivity index (χ0n) is 80.8. The smallest absolute Gasteiger partial charge is 0.269 e. The van der Waals surface area contributed by atoms with E-state index >= 15 is 0 Å². The van der Waals surface area contributed by atoms with Crippen molar-refractivity contribution >= 4 is 56.1 Å². The van der Waals surface area contributed by atoms with Crippen molar-refractivity contribution in [2.24, 2.45) is 5.73 Å². The Hall–Kier alpha value is -15.8. The van der Waals surface area contributed by atoms with Crippen LogP contribution in [-0.2, 0) is 51.5 Å². The number of hydrogen-bond donors (Lipinski definition) is 5. The molecule has 754 valence electrons. The number of aromatic amines is 1. The molecule has 0 amide bonds. The van der Waals surface area contributed by atoms with E-state index in [9.17, 15) is 45.0 Å². The first-order valence-electron chi connectivity index (χ1n) is 47.1. The number of morpholine rings is 3. The first-order valence-corrected chi connectivity index (χ1v) is 48.3. The molecule has 0 saturated carbocycles. The largest absolute Gasteiger partial charge is 0.508 e. The van der Waals surface area contributed by atoms with Crippen LogP contribution in [0.15, 0.2) is 292 Å². The summed E-state index contributed by atoms with van der Waals surface area (Å²) in [4.78, 5) is 87.7. The second kappa shape index (κ2) is 55.6. The molecule has 3 aliphatic rings. The fourth-order valence-electron chi connectivity index (χ4n) is 16.2. The van der Waals surface area contributed by atoms with E-state index in [-0.39, 0.29) is 57.9 Å². The molecule has 5 aromatic heterocycles. The molecule has 3 aliphatic heterocycles. The molecule has 0 bridgehead atoms. The van der Waals surface area contributed by atoms with Gasteiger partial charge in [-0.25, -0.2) is 19.9 Å². The number of nitrogens with one attached hydrogen (secondary N) is 2. The van der Waals surface area contributed by atoms with Crippen molar-refractivity contribution in [1.82, 2.24) is 58.3 Å². The maximum absolute atomic E-state index is 12.6. The van der Waals surface area contributed by atoms with E-state index in [1.54, 1.807) is 95.4 Å². The highest BCUT2D eigenvalue weighted by Crippen LogP contribution is 2.35. The number of aromatic hydroxyl groups is 1. The number of aryl methyl sites for hydroxylation is 2. The SMILES string of the molecule is C.COc1cccc(-c2nc(-c3ccc(CC(=O)CCc4cccnc4)cc3)cn2CCCN2CCOCC2)c1.COc1cccc(-c2ncc(-c3ccc([N+](=O)[O-])cc3)[nH]2)c1.COc1cccc(-c2ncc(-c3ccc([N+](=O)[O-])cc3)n2CCCN2CCOCC2)c1.COc1cccc(C(=N)N)c1.Nc1ccc(-c2cnc(-c3cccc(O)c3)n2CCCN2CCOCC2)cc1.O=C(CBr)c1ccc([N+](=O)[O-])cc1. The highest BCUT2D eigenvalue weighted by atomic mass is 79.9. The topological polar surface area (TPSA) is 429 Å². The minimum atomic E-state index is -0.498. The number of nitrogen functional groups attached to an aromatic ring is 2. The quantitative estimate of drug-likeness (QED) is 0.00468. The number of non-ortho nitro benzene ring substituents is 3. The van der Waals surface area contributed by atoms with E-state index < -0.39 is 9.85 Å². The van der Waals surface area contributed by atoms with E-state index in [1.807, 2.05) is 152 Å². The first kappa shape index (κ1) is 108. The van der Waals surface area contributed by atoms with Crippen LogP contribution in [0.2, 0.25) is 0 Å². The van der Waals surface area contributed by atoms with Gasteiger partial charge in [-0.15, -0.1) is 0 Å². The number of halogens is 1. The lowest BCUT2D eigenvalue weighted by Crippen LogP contribution is -2.37. The third-order valence-electron chi connectivity index (χ3n) is 24.0. The third-order valence-corrected chi connectivity index (χ3v) is 24.5. The van der Waals surface area contributed by atoms with Gasteiger partial charge in [-0.1, -0.05) is 126 Å². The van der Waals surface area contributed by atoms with E-state index in [0.29, 0.717) is 29.8 Å². The summed E-state index contributed by atoms with van der Waals surface area (Å²) in [7, 11) is 6.53. The number of phenolic OH excluding ortho intramolecular Hbond substituents is 1. The number of benzene rings is 10. The number of phenols is 1. The van der Waals surface area contributed by atoms with Gasteiger partial charge in [0.25, 0.3) is 17.1 Å². The molecule has 10 aromatic carbocycles. The molecule has 0 unspecified atom stereocenters. The normalized spacial score (nSPS) is 12.9. The van der Waals surface area contributed by atoms with Gasteiger partial charge in [0.05, 0.1) is 130 Å². The van der Waals surface area contributed by atoms with Gasteiger partial charge in [0, 0.05) is 202 Å². The summed E-state index contributed by atoms with van der Waals surface area (Å²) in [5.74, 6) is 6.88. The third kappa shape index (κ3) is 32.1. The lowest BCUT2D eigenvalue weighted by molar-refractivity contribution is -0.385. The first-order chi connectivity index (χ1) is 70.1. The van der Waals surface area contributed by atoms with E-state index in [0.717, 1.165) is 268 Å². The summed E-state index contributed by atoms with van der Waals surface area (Å²) in [5.41, 5.74) is 26.7. The number of pyridine rings is 1. The predicted molar refractivity (Wildman–Crippen MR) is 567 cm³/mol. The maximum Gasteiger partial charge on any atom is 0.269 e. The molecule has 8 heterocycles. The summed E-state index contributed by atoms with van der Waals surface area (Å²) < 4.78 is 44.0. The summed E-state index contributed by atoms with van der Waals surface area (Å²) in [6.07, 6.45) is 15.9. The molecule has 7 N–H and O–H groups in total. The van der Waals surface area contributed by atoms with Gasteiger partial charge in [0.15, 0.2) is 5.78 Å². The number of nitrogens with two attached hydrogens (primary N) is 2. The number of Topliss-reactive ketones (excluding diaryl/α,β-unsaturated/α-hetero) is 2. The Morgan fingerprint density at radius 2 is 0.897 bits per heavy atom. The molecule has 0 spiro atoms. The molecular weight excluding hydrogens is 1910 g/mol. The Labute approximate surface area is 850 Å². The number of methoxy groups -OCH3 is 4. The van der Waals surface area contributed by atoms with Gasteiger partial charge < -0.3 is 68.4 Å². The lowest BCUT2D eigenvalue weighted by Gasteiger charge is -2.26. The van der Waals surface area contributed by atoms with Gasteiger partial charge in [0.1, 0.15) is 63.7 Å². The van der Waals surface area contributed by atoms with Gasteiger partial charge in [-0.3, -0.25) is 65.0 Å². The van der Waals surface area contributed by atoms with Crippen LogP contribution in [0.3, 0.4) is 0 Å². The Morgan fingerprint density at radius 3 is 1.37 bits per heavy atom. The van der Waals surface area contributed by atoms with Crippen LogP contribution in [-0.4, -0.2) is 228 Å². The molecule has 3 fully saturated rings. The van der Waals surface area contributed by atoms with Crippen molar-refractivity contribution < 1.29 is 62.6 Å². The molecule has 3 saturated heterocycles. The number of rotatable bonds is 35. The van der Waals surface area contributed by atoms with Crippen molar-refractivity contribution in [3.05, 3.63) is 345 Å². The van der Waals surface area contributed by atoms with Crippen LogP contribution in [0.1, 0.15) is 60.2 Å². The van der Waals surface area contributed by atoms with Crippen LogP contribution < -0.4 is 30.4 Å². The number of nitro benzene ring substituents is 3. The van der Waals surface area contributed by atoms with Gasteiger partial charge in [-0.2, -0.15) is 0 Å². The fourth-order valence-corrected chi connectivity index (χ4v) is 16.5. The monoisotopic (exact) mass is 2030 g/mol. The highest BCUT2D eigenvalue weighted by Gasteiger charge is 2.23. The Kier molecular flexibility index (Phi) is 41.4. The molecule has 15 aromatic rings. The van der Waals surface area contributed by atoms with Crippen molar-refractivity contribution in [1.29, 1.82) is 5.41 Å². The number of carbonyl (C=O) groups excluding carboxylic acids is 2. The van der Waals surface area contributed by atoms with Crippen molar-refractivity contribution in [3.8, 4) is 119 Å². The van der Waals surface area contributed by atoms with Gasteiger partial charge >= 0.3 is 0 Å². The summed E-state index contributed by atoms with van der Waals surface area (Å²) >= 11 is 3.02. The Balaban J connectivity index is 0.000000161. The number of nitrogens with zero attached hydrogens (tertiary/aromatic N) is 14. The van der Waals surface area contributed by atoms with Crippen LogP contribution in [0.5, 0.6) is 28.7 Å². The van der Waals surface area contributed by atoms with Crippen molar-refractivity contribution in [2.45, 2.75) is 65.6 Å². The minimum absolute atomic E-state index is 0. The molecule has 0 radical (unpaired) electrons. The summed E-state index contributed by atoms with van der Waals surface area (Å²) in [6, 6.07) is 76.4. The maximum atomic E-state index is 12.6. The van der Waals surface area contributed by atoms with E-state index in [1.165, 1.54) is 48.5 Å². The molecule has 34 nitrogen and oxygen atoms in total. The number of aromatic nitrogens is 9. The fraction of sp³-hybridized carbons (Fsp3) is 0.273. The van der Waals surface area contributed by atoms with Gasteiger partial charge in [-0.05, 0) is 158 Å². The molecule has 145 heavy (non-hydrogen) atoms. The van der Waals surface area contributed by atoms with Crippen LogP contribution >= 0.6 is 15.9 Å².